The maximum atomic E-state index is 12.9. The number of allylic oxidation sites excluding steroid dienone is 1. The van der Waals surface area contributed by atoms with E-state index in [1.807, 2.05) is 12.1 Å². The second-order valence-corrected chi connectivity index (χ2v) is 6.60. The number of ether oxygens (including phenoxy) is 1. The Morgan fingerprint density at radius 2 is 2.04 bits per heavy atom. The first-order chi connectivity index (χ1) is 12.8. The largest absolute Gasteiger partial charge is 0.495 e. The number of benzene rings is 2. The molecule has 0 aliphatic carbocycles. The van der Waals surface area contributed by atoms with Crippen LogP contribution in [0.15, 0.2) is 60.1 Å². The van der Waals surface area contributed by atoms with E-state index in [1.165, 1.54) is 30.6 Å². The summed E-state index contributed by atoms with van der Waals surface area (Å²) in [6.45, 7) is 4.08. The molecule has 0 bridgehead atoms. The van der Waals surface area contributed by atoms with E-state index in [-0.39, 0.29) is 5.56 Å². The summed E-state index contributed by atoms with van der Waals surface area (Å²) in [6, 6.07) is 9.68. The quantitative estimate of drug-likeness (QED) is 0.607. The normalized spacial score (nSPS) is 12.4. The number of rotatable bonds is 4. The molecule has 0 spiro atoms. The summed E-state index contributed by atoms with van der Waals surface area (Å²) in [4.78, 5) is 16.9. The van der Waals surface area contributed by atoms with Gasteiger partial charge in [0.2, 0.25) is 0 Å². The first-order valence-corrected chi connectivity index (χ1v) is 8.70. The minimum atomic E-state index is -4.52. The Morgan fingerprint density at radius 1 is 1.30 bits per heavy atom. The molecule has 0 atom stereocenters. The molecule has 1 amide bonds. The fraction of sp³-hybridized carbons (Fsp3) is 0.158. The van der Waals surface area contributed by atoms with E-state index >= 15 is 0 Å². The number of fused-ring (bicyclic) bond motifs is 1. The molecule has 140 valence electrons. The fourth-order valence-corrected chi connectivity index (χ4v) is 3.68. The van der Waals surface area contributed by atoms with E-state index in [4.69, 9.17) is 4.74 Å². The number of alkyl halides is 3. The number of methoxy groups -OCH3 is 1. The van der Waals surface area contributed by atoms with Gasteiger partial charge in [0.05, 0.1) is 17.4 Å². The minimum Gasteiger partial charge on any atom is -0.495 e. The molecule has 0 N–H and O–H groups in total. The summed E-state index contributed by atoms with van der Waals surface area (Å²) in [7, 11) is 1.54. The van der Waals surface area contributed by atoms with Crippen LogP contribution in [0.3, 0.4) is 0 Å². The lowest BCUT2D eigenvalue weighted by atomic mass is 10.1. The van der Waals surface area contributed by atoms with Gasteiger partial charge >= 0.3 is 6.18 Å². The SMILES string of the molecule is C=CCn1c(=NC(=O)c2cccc(C(F)(F)F)c2)sc2cccc(OC)c21. The first-order valence-electron chi connectivity index (χ1n) is 7.88. The van der Waals surface area contributed by atoms with E-state index in [1.54, 1.807) is 16.7 Å². The zero-order chi connectivity index (χ0) is 19.6. The van der Waals surface area contributed by atoms with Crippen LogP contribution in [0.4, 0.5) is 13.2 Å². The summed E-state index contributed by atoms with van der Waals surface area (Å²) in [6.07, 6.45) is -2.88. The maximum Gasteiger partial charge on any atom is 0.416 e. The van der Waals surface area contributed by atoms with E-state index < -0.39 is 17.6 Å². The number of carbonyl (C=O) groups excluding carboxylic acids is 1. The van der Waals surface area contributed by atoms with E-state index in [2.05, 4.69) is 11.6 Å². The van der Waals surface area contributed by atoms with E-state index in [0.29, 0.717) is 17.1 Å². The van der Waals surface area contributed by atoms with Gasteiger partial charge in [0.1, 0.15) is 11.3 Å². The van der Waals surface area contributed by atoms with Gasteiger partial charge in [0, 0.05) is 12.1 Å². The lowest BCUT2D eigenvalue weighted by molar-refractivity contribution is -0.137. The van der Waals surface area contributed by atoms with E-state index in [0.717, 1.165) is 22.3 Å². The molecule has 3 rings (SSSR count). The highest BCUT2D eigenvalue weighted by Gasteiger charge is 2.30. The van der Waals surface area contributed by atoms with Gasteiger partial charge in [-0.15, -0.1) is 6.58 Å². The molecule has 0 radical (unpaired) electrons. The van der Waals surface area contributed by atoms with Crippen LogP contribution in [0.1, 0.15) is 15.9 Å². The number of nitrogens with zero attached hydrogens (tertiary/aromatic N) is 2. The van der Waals surface area contributed by atoms with Gasteiger partial charge in [0.15, 0.2) is 4.80 Å². The smallest absolute Gasteiger partial charge is 0.416 e. The van der Waals surface area contributed by atoms with Crippen molar-refractivity contribution in [3.8, 4) is 5.75 Å². The van der Waals surface area contributed by atoms with Crippen LogP contribution in [-0.2, 0) is 12.7 Å². The Hall–Kier alpha value is -2.87. The van der Waals surface area contributed by atoms with Crippen molar-refractivity contribution < 1.29 is 22.7 Å². The van der Waals surface area contributed by atoms with E-state index in [9.17, 15) is 18.0 Å². The van der Waals surface area contributed by atoms with Crippen LogP contribution in [0.2, 0.25) is 0 Å². The summed E-state index contributed by atoms with van der Waals surface area (Å²) >= 11 is 1.25. The van der Waals surface area contributed by atoms with Crippen molar-refractivity contribution in [1.29, 1.82) is 0 Å². The van der Waals surface area contributed by atoms with Gasteiger partial charge in [-0.25, -0.2) is 0 Å². The van der Waals surface area contributed by atoms with Crippen LogP contribution in [0.5, 0.6) is 5.75 Å². The van der Waals surface area contributed by atoms with Gasteiger partial charge in [-0.3, -0.25) is 4.79 Å². The van der Waals surface area contributed by atoms with Crippen molar-refractivity contribution in [2.75, 3.05) is 7.11 Å². The zero-order valence-corrected chi connectivity index (χ0v) is 15.1. The lowest BCUT2D eigenvalue weighted by Gasteiger charge is -2.07. The highest BCUT2D eigenvalue weighted by molar-refractivity contribution is 7.16. The number of thiazole rings is 1. The van der Waals surface area contributed by atoms with Crippen LogP contribution in [-0.4, -0.2) is 17.6 Å². The number of carbonyl (C=O) groups is 1. The number of hydrogen-bond acceptors (Lipinski definition) is 3. The van der Waals surface area contributed by atoms with Gasteiger partial charge in [-0.2, -0.15) is 18.2 Å². The molecule has 0 saturated carbocycles. The number of halogens is 3. The Morgan fingerprint density at radius 3 is 2.70 bits per heavy atom. The monoisotopic (exact) mass is 392 g/mol. The average Bonchev–Trinajstić information content (AvgIpc) is 2.99. The van der Waals surface area contributed by atoms with Gasteiger partial charge in [0.25, 0.3) is 5.91 Å². The maximum absolute atomic E-state index is 12.9. The predicted molar refractivity (Wildman–Crippen MR) is 97.9 cm³/mol. The molecule has 27 heavy (non-hydrogen) atoms. The van der Waals surface area contributed by atoms with Crippen molar-refractivity contribution in [1.82, 2.24) is 4.57 Å². The average molecular weight is 392 g/mol. The number of para-hydroxylation sites is 1. The van der Waals surface area contributed by atoms with Gasteiger partial charge in [-0.1, -0.05) is 29.5 Å². The molecule has 0 aliphatic heterocycles. The second-order valence-electron chi connectivity index (χ2n) is 5.59. The predicted octanol–water partition coefficient (Wildman–Crippen LogP) is 4.66. The Labute approximate surface area is 156 Å². The highest BCUT2D eigenvalue weighted by Crippen LogP contribution is 2.30. The number of aromatic nitrogens is 1. The van der Waals surface area contributed by atoms with Crippen LogP contribution in [0, 0.1) is 0 Å². The summed E-state index contributed by atoms with van der Waals surface area (Å²) in [5.74, 6) is -0.136. The molecular formula is C19H15F3N2O2S. The fourth-order valence-electron chi connectivity index (χ4n) is 2.63. The van der Waals surface area contributed by atoms with Crippen molar-refractivity contribution >= 4 is 27.5 Å². The van der Waals surface area contributed by atoms with Crippen LogP contribution in [0.25, 0.3) is 10.2 Å². The standard InChI is InChI=1S/C19H15F3N2O2S/c1-3-10-24-16-14(26-2)8-5-9-15(16)27-18(24)23-17(25)12-6-4-7-13(11-12)19(20,21)22/h3-9,11H,1,10H2,2H3. The Balaban J connectivity index is 2.14. The van der Waals surface area contributed by atoms with Gasteiger partial charge in [-0.05, 0) is 30.3 Å². The Bertz CT molecular complexity index is 1080. The third kappa shape index (κ3) is 3.80. The summed E-state index contributed by atoms with van der Waals surface area (Å²) in [5.41, 5.74) is -0.264. The summed E-state index contributed by atoms with van der Waals surface area (Å²) in [5, 5.41) is 0. The molecule has 0 aliphatic rings. The molecule has 2 aromatic carbocycles. The molecule has 0 fully saturated rings. The van der Waals surface area contributed by atoms with Crippen molar-refractivity contribution in [3.63, 3.8) is 0 Å². The first kappa shape index (κ1) is 18.9. The molecule has 1 aromatic heterocycles. The van der Waals surface area contributed by atoms with Crippen LogP contribution < -0.4 is 9.54 Å². The minimum absolute atomic E-state index is 0.126. The zero-order valence-electron chi connectivity index (χ0n) is 14.3. The topological polar surface area (TPSA) is 43.6 Å². The Kier molecular flexibility index (Phi) is 5.18. The van der Waals surface area contributed by atoms with Crippen molar-refractivity contribution in [2.24, 2.45) is 4.99 Å². The molecule has 0 saturated heterocycles. The molecule has 3 aromatic rings. The molecule has 8 heteroatoms. The summed E-state index contributed by atoms with van der Waals surface area (Å²) < 4.78 is 46.6. The molecule has 4 nitrogen and oxygen atoms in total. The number of amides is 1. The molecular weight excluding hydrogens is 377 g/mol. The second kappa shape index (κ2) is 7.40. The lowest BCUT2D eigenvalue weighted by Crippen LogP contribution is -2.17. The highest BCUT2D eigenvalue weighted by atomic mass is 32.1. The van der Waals surface area contributed by atoms with Gasteiger partial charge < -0.3 is 9.30 Å². The third-order valence-electron chi connectivity index (χ3n) is 3.83. The van der Waals surface area contributed by atoms with Crippen LogP contribution >= 0.6 is 11.3 Å². The number of hydrogen-bond donors (Lipinski definition) is 0. The molecule has 0 unspecified atom stereocenters. The molecule has 1 heterocycles. The third-order valence-corrected chi connectivity index (χ3v) is 4.87. The van der Waals surface area contributed by atoms with Crippen molar-refractivity contribution in [3.05, 3.63) is 71.0 Å². The van der Waals surface area contributed by atoms with Crippen molar-refractivity contribution in [2.45, 2.75) is 12.7 Å².